The summed E-state index contributed by atoms with van der Waals surface area (Å²) < 4.78 is 10.0. The third-order valence-electron chi connectivity index (χ3n) is 4.46. The van der Waals surface area contributed by atoms with Crippen molar-refractivity contribution < 1.29 is 4.74 Å². The van der Waals surface area contributed by atoms with Crippen molar-refractivity contribution in [3.63, 3.8) is 0 Å². The fourth-order valence-corrected chi connectivity index (χ4v) is 3.11. The molecule has 0 amide bonds. The van der Waals surface area contributed by atoms with Crippen molar-refractivity contribution in [2.45, 2.75) is 13.5 Å². The zero-order valence-electron chi connectivity index (χ0n) is 14.9. The van der Waals surface area contributed by atoms with Gasteiger partial charge in [0.05, 0.1) is 11.2 Å². The largest absolute Gasteiger partial charge is 0.487 e. The normalized spacial score (nSPS) is 11.1. The molecule has 0 atom stereocenters. The summed E-state index contributed by atoms with van der Waals surface area (Å²) in [6.07, 6.45) is 3.44. The Bertz CT molecular complexity index is 1180. The summed E-state index contributed by atoms with van der Waals surface area (Å²) in [5.41, 5.74) is 3.40. The summed E-state index contributed by atoms with van der Waals surface area (Å²) in [5, 5.41) is 5.47. The zero-order valence-corrected chi connectivity index (χ0v) is 16.5. The molecule has 4 rings (SSSR count). The van der Waals surface area contributed by atoms with Crippen molar-refractivity contribution in [3.8, 4) is 11.4 Å². The predicted molar refractivity (Wildman–Crippen MR) is 107 cm³/mol. The minimum absolute atomic E-state index is 0.155. The van der Waals surface area contributed by atoms with E-state index in [0.29, 0.717) is 12.4 Å². The van der Waals surface area contributed by atoms with Crippen molar-refractivity contribution in [3.05, 3.63) is 81.1 Å². The van der Waals surface area contributed by atoms with Crippen LogP contribution in [0.4, 0.5) is 0 Å². The first-order valence-corrected chi connectivity index (χ1v) is 9.20. The lowest BCUT2D eigenvalue weighted by Crippen LogP contribution is -2.16. The molecule has 0 aliphatic carbocycles. The first-order valence-electron chi connectivity index (χ1n) is 8.41. The van der Waals surface area contributed by atoms with Gasteiger partial charge in [0.15, 0.2) is 0 Å². The quantitative estimate of drug-likeness (QED) is 0.500. The molecule has 0 fully saturated rings. The monoisotopic (exact) mass is 424 g/mol. The molecule has 0 N–H and O–H groups in total. The van der Waals surface area contributed by atoms with E-state index >= 15 is 0 Å². The molecule has 0 saturated heterocycles. The van der Waals surface area contributed by atoms with Crippen LogP contribution in [-0.4, -0.2) is 19.3 Å². The van der Waals surface area contributed by atoms with E-state index in [2.05, 4.69) is 26.0 Å². The number of ether oxygens (including phenoxy) is 1. The first kappa shape index (κ1) is 17.5. The predicted octanol–water partition coefficient (Wildman–Crippen LogP) is 3.77. The molecule has 6 nitrogen and oxygen atoms in total. The van der Waals surface area contributed by atoms with Crippen LogP contribution in [0.15, 0.2) is 64.1 Å². The molecule has 4 aromatic rings. The maximum atomic E-state index is 12.6. The van der Waals surface area contributed by atoms with Crippen LogP contribution >= 0.6 is 15.9 Å². The number of halogens is 1. The van der Waals surface area contributed by atoms with Crippen LogP contribution in [0.5, 0.6) is 5.75 Å². The Morgan fingerprint density at radius 1 is 1.15 bits per heavy atom. The Kier molecular flexibility index (Phi) is 4.53. The number of aryl methyl sites for hydroxylation is 2. The van der Waals surface area contributed by atoms with Crippen LogP contribution in [0, 0.1) is 6.92 Å². The lowest BCUT2D eigenvalue weighted by Gasteiger charge is -2.09. The van der Waals surface area contributed by atoms with Crippen LogP contribution in [0.2, 0.25) is 0 Å². The average Bonchev–Trinajstić information content (AvgIpc) is 2.95. The number of pyridine rings is 2. The molecular weight excluding hydrogens is 408 g/mol. The van der Waals surface area contributed by atoms with E-state index in [1.54, 1.807) is 23.0 Å². The van der Waals surface area contributed by atoms with Gasteiger partial charge < -0.3 is 4.74 Å². The van der Waals surface area contributed by atoms with Gasteiger partial charge in [-0.1, -0.05) is 0 Å². The standard InChI is InChI=1S/C20H17BrN4O2/c1-13-18-9-16(5-6-19(18)23-24(13)2)25-8-7-17(10-20(25)26)27-12-15-4-3-14(21)11-22-15/h3-11H,12H2,1-2H3. The molecule has 3 heterocycles. The number of hydrogen-bond acceptors (Lipinski definition) is 4. The molecule has 0 unspecified atom stereocenters. The Hall–Kier alpha value is -2.93. The number of rotatable bonds is 4. The van der Waals surface area contributed by atoms with Crippen LogP contribution in [0.3, 0.4) is 0 Å². The molecule has 1 aromatic carbocycles. The van der Waals surface area contributed by atoms with Gasteiger partial charge in [0.25, 0.3) is 5.56 Å². The molecule has 0 aliphatic rings. The van der Waals surface area contributed by atoms with E-state index in [1.807, 2.05) is 49.0 Å². The lowest BCUT2D eigenvalue weighted by atomic mass is 10.2. The molecule has 0 saturated carbocycles. The lowest BCUT2D eigenvalue weighted by molar-refractivity contribution is 0.300. The van der Waals surface area contributed by atoms with Crippen molar-refractivity contribution in [2.75, 3.05) is 0 Å². The smallest absolute Gasteiger partial charge is 0.258 e. The van der Waals surface area contributed by atoms with Gasteiger partial charge in [0, 0.05) is 46.7 Å². The van der Waals surface area contributed by atoms with Gasteiger partial charge in [0.2, 0.25) is 0 Å². The maximum absolute atomic E-state index is 12.6. The molecule has 0 radical (unpaired) electrons. The number of hydrogen-bond donors (Lipinski definition) is 0. The van der Waals surface area contributed by atoms with Gasteiger partial charge in [-0.25, -0.2) is 0 Å². The van der Waals surface area contributed by atoms with Crippen molar-refractivity contribution in [2.24, 2.45) is 7.05 Å². The molecule has 136 valence electrons. The van der Waals surface area contributed by atoms with Crippen molar-refractivity contribution in [1.29, 1.82) is 0 Å². The van der Waals surface area contributed by atoms with Gasteiger partial charge in [-0.3, -0.25) is 19.0 Å². The van der Waals surface area contributed by atoms with E-state index in [0.717, 1.165) is 32.5 Å². The highest BCUT2D eigenvalue weighted by molar-refractivity contribution is 9.10. The van der Waals surface area contributed by atoms with Crippen molar-refractivity contribution in [1.82, 2.24) is 19.3 Å². The summed E-state index contributed by atoms with van der Waals surface area (Å²) in [6.45, 7) is 2.31. The molecule has 7 heteroatoms. The maximum Gasteiger partial charge on any atom is 0.258 e. The number of nitrogens with zero attached hydrogens (tertiary/aromatic N) is 4. The first-order chi connectivity index (χ1) is 13.0. The summed E-state index contributed by atoms with van der Waals surface area (Å²) in [5.74, 6) is 0.514. The molecule has 0 spiro atoms. The van der Waals surface area contributed by atoms with E-state index in [1.165, 1.54) is 6.07 Å². The van der Waals surface area contributed by atoms with Gasteiger partial charge in [-0.2, -0.15) is 5.10 Å². The Labute approximate surface area is 164 Å². The second kappa shape index (κ2) is 7.00. The van der Waals surface area contributed by atoms with Crippen LogP contribution < -0.4 is 10.3 Å². The summed E-state index contributed by atoms with van der Waals surface area (Å²) in [6, 6.07) is 12.8. The highest BCUT2D eigenvalue weighted by atomic mass is 79.9. The fourth-order valence-electron chi connectivity index (χ4n) is 2.87. The third kappa shape index (κ3) is 3.50. The van der Waals surface area contributed by atoms with Crippen LogP contribution in [-0.2, 0) is 13.7 Å². The van der Waals surface area contributed by atoms with Gasteiger partial charge in [-0.15, -0.1) is 0 Å². The van der Waals surface area contributed by atoms with Gasteiger partial charge in [-0.05, 0) is 59.3 Å². The topological polar surface area (TPSA) is 61.9 Å². The second-order valence-corrected chi connectivity index (χ2v) is 7.15. The van der Waals surface area contributed by atoms with Crippen LogP contribution in [0.1, 0.15) is 11.4 Å². The van der Waals surface area contributed by atoms with E-state index in [9.17, 15) is 4.79 Å². The molecule has 0 bridgehead atoms. The number of benzene rings is 1. The molecular formula is C20H17BrN4O2. The van der Waals surface area contributed by atoms with Gasteiger partial charge >= 0.3 is 0 Å². The molecule has 27 heavy (non-hydrogen) atoms. The molecule has 3 aromatic heterocycles. The Balaban J connectivity index is 1.59. The SMILES string of the molecule is Cc1c2cc(-n3ccc(OCc4ccc(Br)cn4)cc3=O)ccc2nn1C. The van der Waals surface area contributed by atoms with E-state index in [4.69, 9.17) is 4.74 Å². The Morgan fingerprint density at radius 3 is 2.74 bits per heavy atom. The number of aromatic nitrogens is 4. The summed E-state index contributed by atoms with van der Waals surface area (Å²) in [4.78, 5) is 16.8. The highest BCUT2D eigenvalue weighted by Gasteiger charge is 2.08. The van der Waals surface area contributed by atoms with E-state index in [-0.39, 0.29) is 5.56 Å². The highest BCUT2D eigenvalue weighted by Crippen LogP contribution is 2.21. The minimum atomic E-state index is -0.155. The summed E-state index contributed by atoms with van der Waals surface area (Å²) in [7, 11) is 1.91. The Morgan fingerprint density at radius 2 is 2.00 bits per heavy atom. The van der Waals surface area contributed by atoms with E-state index < -0.39 is 0 Å². The number of fused-ring (bicyclic) bond motifs is 1. The minimum Gasteiger partial charge on any atom is -0.487 e. The van der Waals surface area contributed by atoms with Crippen LogP contribution in [0.25, 0.3) is 16.6 Å². The fraction of sp³-hybridized carbons (Fsp3) is 0.150. The average molecular weight is 425 g/mol. The zero-order chi connectivity index (χ0) is 19.0. The summed E-state index contributed by atoms with van der Waals surface area (Å²) >= 11 is 3.35. The van der Waals surface area contributed by atoms with Gasteiger partial charge in [0.1, 0.15) is 12.4 Å². The molecule has 0 aliphatic heterocycles. The second-order valence-electron chi connectivity index (χ2n) is 6.24. The third-order valence-corrected chi connectivity index (χ3v) is 4.93. The van der Waals surface area contributed by atoms with Crippen molar-refractivity contribution >= 4 is 26.8 Å².